The van der Waals surface area contributed by atoms with Gasteiger partial charge in [-0.2, -0.15) is 0 Å². The van der Waals surface area contributed by atoms with E-state index in [1.165, 1.54) is 3.57 Å². The lowest BCUT2D eigenvalue weighted by Gasteiger charge is -2.10. The van der Waals surface area contributed by atoms with Crippen LogP contribution in [0, 0.1) is 19.3 Å². The molecule has 0 heterocycles. The van der Waals surface area contributed by atoms with E-state index in [0.717, 1.165) is 24.3 Å². The second kappa shape index (κ2) is 8.74. The number of hydrogen-bond acceptors (Lipinski definition) is 1. The second-order valence-electron chi connectivity index (χ2n) is 4.96. The molecule has 0 saturated carbocycles. The summed E-state index contributed by atoms with van der Waals surface area (Å²) in [7, 11) is 0. The Morgan fingerprint density at radius 3 is 2.43 bits per heavy atom. The fourth-order valence-corrected chi connectivity index (χ4v) is 3.13. The Labute approximate surface area is 138 Å². The first-order valence-corrected chi connectivity index (χ1v) is 9.36. The highest BCUT2D eigenvalue weighted by Gasteiger charge is 2.06. The molecule has 0 amide bonds. The maximum atomic E-state index is 5.75. The van der Waals surface area contributed by atoms with E-state index in [9.17, 15) is 0 Å². The van der Waals surface area contributed by atoms with Gasteiger partial charge in [0.1, 0.15) is 5.75 Å². The van der Waals surface area contributed by atoms with Gasteiger partial charge in [-0.25, -0.2) is 0 Å². The molecule has 0 unspecified atom stereocenters. The van der Waals surface area contributed by atoms with Crippen molar-refractivity contribution in [1.82, 2.24) is 0 Å². The van der Waals surface area contributed by atoms with Gasteiger partial charge >= 0.3 is 21.2 Å². The van der Waals surface area contributed by atoms with Gasteiger partial charge in [0, 0.05) is 5.56 Å². The molecule has 0 radical (unpaired) electrons. The van der Waals surface area contributed by atoms with Crippen LogP contribution >= 0.6 is 0 Å². The molecule has 2 aromatic carbocycles. The third-order valence-electron chi connectivity index (χ3n) is 3.17. The van der Waals surface area contributed by atoms with E-state index in [0.29, 0.717) is 5.92 Å². The van der Waals surface area contributed by atoms with Crippen molar-refractivity contribution >= 4 is 0 Å². The van der Waals surface area contributed by atoms with E-state index < -0.39 is 0 Å². The van der Waals surface area contributed by atoms with Gasteiger partial charge in [0.25, 0.3) is 0 Å². The zero-order valence-corrected chi connectivity index (χ0v) is 14.6. The van der Waals surface area contributed by atoms with Gasteiger partial charge in [-0.3, -0.25) is 0 Å². The van der Waals surface area contributed by atoms with E-state index in [1.807, 2.05) is 30.3 Å². The molecule has 0 bridgehead atoms. The Bertz CT molecular complexity index is 593. The lowest BCUT2D eigenvalue weighted by Crippen LogP contribution is -3.59. The van der Waals surface area contributed by atoms with Crippen molar-refractivity contribution < 1.29 is 25.9 Å². The molecule has 0 aliphatic carbocycles. The second-order valence-corrected chi connectivity index (χ2v) is 7.28. The van der Waals surface area contributed by atoms with E-state index in [1.54, 1.807) is 0 Å². The standard InChI is InChI=1S/C19H20IO/c1-3-16(2)15-21-19-11-9-17(10-12-19)13-14-20-18-7-5-4-6-8-18/h4-12,16H,3,15H2,1-2H3/q+1/t16-/m0/s1. The number of rotatable bonds is 5. The Hall–Kier alpha value is -1.47. The molecule has 0 aromatic heterocycles. The summed E-state index contributed by atoms with van der Waals surface area (Å²) in [4.78, 5) is 0. The highest BCUT2D eigenvalue weighted by atomic mass is 127. The zero-order valence-electron chi connectivity index (χ0n) is 12.5. The summed E-state index contributed by atoms with van der Waals surface area (Å²) in [5.41, 5.74) is 1.06. The van der Waals surface area contributed by atoms with Crippen LogP contribution in [0.4, 0.5) is 0 Å². The Balaban J connectivity index is 1.88. The summed E-state index contributed by atoms with van der Waals surface area (Å²) in [6, 6.07) is 18.6. The van der Waals surface area contributed by atoms with E-state index >= 15 is 0 Å². The predicted octanol–water partition coefficient (Wildman–Crippen LogP) is 1.38. The summed E-state index contributed by atoms with van der Waals surface area (Å²) in [6.07, 6.45) is 1.15. The van der Waals surface area contributed by atoms with Gasteiger partial charge in [0.15, 0.2) is 3.93 Å². The predicted molar refractivity (Wildman–Crippen MR) is 83.4 cm³/mol. The lowest BCUT2D eigenvalue weighted by molar-refractivity contribution is -0.535. The largest absolute Gasteiger partial charge is 0.493 e. The molecule has 1 nitrogen and oxygen atoms in total. The Kier molecular flexibility index (Phi) is 6.62. The first kappa shape index (κ1) is 15.9. The molecular formula is C19H20IO+. The molecule has 2 heteroatoms. The van der Waals surface area contributed by atoms with Gasteiger partial charge in [0.05, 0.1) is 6.61 Å². The molecular weight excluding hydrogens is 371 g/mol. The first-order valence-electron chi connectivity index (χ1n) is 7.20. The van der Waals surface area contributed by atoms with Gasteiger partial charge < -0.3 is 4.74 Å². The number of halogens is 1. The summed E-state index contributed by atoms with van der Waals surface area (Å²) in [6.45, 7) is 5.16. The van der Waals surface area contributed by atoms with E-state index in [4.69, 9.17) is 4.74 Å². The van der Waals surface area contributed by atoms with Gasteiger partial charge in [-0.05, 0) is 48.2 Å². The summed E-state index contributed by atoms with van der Waals surface area (Å²) >= 11 is -0.218. The highest BCUT2D eigenvalue weighted by Crippen LogP contribution is 2.13. The van der Waals surface area contributed by atoms with Crippen molar-refractivity contribution in [2.75, 3.05) is 6.61 Å². The Morgan fingerprint density at radius 1 is 1.05 bits per heavy atom. The van der Waals surface area contributed by atoms with Crippen LogP contribution in [-0.4, -0.2) is 6.61 Å². The molecule has 0 aliphatic heterocycles. The maximum Gasteiger partial charge on any atom is 0.420 e. The molecule has 108 valence electrons. The molecule has 0 fully saturated rings. The van der Waals surface area contributed by atoms with Crippen molar-refractivity contribution in [1.29, 1.82) is 0 Å². The van der Waals surface area contributed by atoms with Crippen LogP contribution in [0.1, 0.15) is 25.8 Å². The molecule has 2 rings (SSSR count). The maximum absolute atomic E-state index is 5.75. The van der Waals surface area contributed by atoms with E-state index in [2.05, 4.69) is 48.0 Å². The average Bonchev–Trinajstić information content (AvgIpc) is 2.55. The average molecular weight is 391 g/mol. The highest BCUT2D eigenvalue weighted by molar-refractivity contribution is 5.37. The molecule has 21 heavy (non-hydrogen) atoms. The van der Waals surface area contributed by atoms with Crippen LogP contribution in [0.15, 0.2) is 54.6 Å². The minimum absolute atomic E-state index is 0.218. The Morgan fingerprint density at radius 2 is 1.76 bits per heavy atom. The van der Waals surface area contributed by atoms with Crippen LogP contribution in [0.25, 0.3) is 0 Å². The van der Waals surface area contributed by atoms with Crippen LogP contribution in [0.5, 0.6) is 5.75 Å². The molecule has 0 N–H and O–H groups in total. The number of ether oxygens (including phenoxy) is 1. The molecule has 0 spiro atoms. The van der Waals surface area contributed by atoms with Crippen molar-refractivity contribution in [2.24, 2.45) is 5.92 Å². The van der Waals surface area contributed by atoms with Crippen LogP contribution in [-0.2, 0) is 0 Å². The molecule has 1 atom stereocenters. The zero-order chi connectivity index (χ0) is 14.9. The number of hydrogen-bond donors (Lipinski definition) is 0. The van der Waals surface area contributed by atoms with Crippen molar-refractivity contribution in [3.8, 4) is 15.6 Å². The van der Waals surface area contributed by atoms with Crippen molar-refractivity contribution in [3.63, 3.8) is 0 Å². The smallest absolute Gasteiger partial charge is 0.420 e. The minimum Gasteiger partial charge on any atom is -0.493 e. The van der Waals surface area contributed by atoms with Crippen molar-refractivity contribution in [2.45, 2.75) is 20.3 Å². The van der Waals surface area contributed by atoms with Gasteiger partial charge in [-0.15, -0.1) is 0 Å². The topological polar surface area (TPSA) is 9.23 Å². The third-order valence-corrected chi connectivity index (χ3v) is 5.05. The quantitative estimate of drug-likeness (QED) is 0.553. The van der Waals surface area contributed by atoms with Crippen LogP contribution in [0.2, 0.25) is 0 Å². The summed E-state index contributed by atoms with van der Waals surface area (Å²) in [5, 5.41) is 0. The van der Waals surface area contributed by atoms with Crippen molar-refractivity contribution in [3.05, 3.63) is 63.7 Å². The fraction of sp³-hybridized carbons (Fsp3) is 0.263. The third kappa shape index (κ3) is 5.81. The molecule has 0 saturated heterocycles. The van der Waals surface area contributed by atoms with E-state index in [-0.39, 0.29) is 21.2 Å². The number of benzene rings is 2. The monoisotopic (exact) mass is 391 g/mol. The van der Waals surface area contributed by atoms with Gasteiger partial charge in [0.2, 0.25) is 3.57 Å². The van der Waals surface area contributed by atoms with Crippen LogP contribution < -0.4 is 25.9 Å². The molecule has 0 aliphatic rings. The minimum atomic E-state index is -0.218. The van der Waals surface area contributed by atoms with Gasteiger partial charge in [-0.1, -0.05) is 38.5 Å². The summed E-state index contributed by atoms with van der Waals surface area (Å²) < 4.78 is 10.4. The normalized spacial score (nSPS) is 11.3. The summed E-state index contributed by atoms with van der Waals surface area (Å²) in [5.74, 6) is 4.77. The molecule has 2 aromatic rings. The fourth-order valence-electron chi connectivity index (χ4n) is 1.60. The lowest BCUT2D eigenvalue weighted by atomic mass is 10.1. The SMILES string of the molecule is CC[C@H](C)COc1ccc(C#C[I+]c2ccccc2)cc1. The van der Waals surface area contributed by atoms with Crippen LogP contribution in [0.3, 0.4) is 0 Å². The first-order chi connectivity index (χ1) is 10.3.